The maximum Gasteiger partial charge on any atom is 0.270 e. The molecule has 2 aromatic rings. The lowest BCUT2D eigenvalue weighted by Gasteiger charge is -2.30. The van der Waals surface area contributed by atoms with Gasteiger partial charge in [-0.1, -0.05) is 0 Å². The SMILES string of the molecule is CNC(=O)c1cc([N+](=O)[O-])ccc1N1CCc2sccc2C1. The van der Waals surface area contributed by atoms with Crippen LogP contribution in [-0.2, 0) is 13.0 Å². The lowest BCUT2D eigenvalue weighted by Crippen LogP contribution is -2.32. The second-order valence-corrected chi connectivity index (χ2v) is 6.08. The molecule has 0 saturated carbocycles. The molecule has 1 aliphatic rings. The fraction of sp³-hybridized carbons (Fsp3) is 0.267. The molecule has 1 amide bonds. The number of nitrogens with zero attached hydrogens (tertiary/aromatic N) is 2. The Balaban J connectivity index is 1.99. The van der Waals surface area contributed by atoms with Crippen molar-refractivity contribution >= 4 is 28.6 Å². The molecule has 1 aromatic carbocycles. The van der Waals surface area contributed by atoms with E-state index in [1.165, 1.54) is 29.6 Å². The molecule has 1 aliphatic heterocycles. The number of anilines is 1. The molecule has 0 bridgehead atoms. The Morgan fingerprint density at radius 3 is 2.95 bits per heavy atom. The molecule has 0 aliphatic carbocycles. The summed E-state index contributed by atoms with van der Waals surface area (Å²) in [7, 11) is 1.53. The number of nitro benzene ring substituents is 1. The Labute approximate surface area is 131 Å². The Morgan fingerprint density at radius 2 is 2.23 bits per heavy atom. The van der Waals surface area contributed by atoms with Crippen LogP contribution in [0.5, 0.6) is 0 Å². The van der Waals surface area contributed by atoms with Gasteiger partial charge in [0.15, 0.2) is 0 Å². The van der Waals surface area contributed by atoms with E-state index in [0.717, 1.165) is 25.2 Å². The third-order valence-electron chi connectivity index (χ3n) is 3.81. The smallest absolute Gasteiger partial charge is 0.270 e. The molecule has 0 fully saturated rings. The maximum absolute atomic E-state index is 12.1. The first kappa shape index (κ1) is 14.5. The van der Waals surface area contributed by atoms with E-state index in [4.69, 9.17) is 0 Å². The molecular formula is C15H15N3O3S. The number of carbonyl (C=O) groups is 1. The number of hydrogen-bond donors (Lipinski definition) is 1. The molecule has 0 radical (unpaired) electrons. The summed E-state index contributed by atoms with van der Waals surface area (Å²) < 4.78 is 0. The van der Waals surface area contributed by atoms with Crippen molar-refractivity contribution in [2.45, 2.75) is 13.0 Å². The minimum absolute atomic E-state index is 0.0735. The van der Waals surface area contributed by atoms with Gasteiger partial charge in [0, 0.05) is 37.1 Å². The molecule has 22 heavy (non-hydrogen) atoms. The molecule has 1 N–H and O–H groups in total. The minimum atomic E-state index is -0.483. The van der Waals surface area contributed by atoms with Gasteiger partial charge in [-0.3, -0.25) is 14.9 Å². The van der Waals surface area contributed by atoms with Crippen LogP contribution in [0.1, 0.15) is 20.8 Å². The zero-order chi connectivity index (χ0) is 15.7. The normalized spacial score (nSPS) is 13.6. The predicted molar refractivity (Wildman–Crippen MR) is 85.6 cm³/mol. The van der Waals surface area contributed by atoms with Crippen LogP contribution in [0.3, 0.4) is 0 Å². The Morgan fingerprint density at radius 1 is 1.41 bits per heavy atom. The Hall–Kier alpha value is -2.41. The van der Waals surface area contributed by atoms with E-state index in [1.54, 1.807) is 17.4 Å². The van der Waals surface area contributed by atoms with Crippen molar-refractivity contribution in [3.05, 3.63) is 55.8 Å². The second kappa shape index (κ2) is 5.76. The molecule has 2 heterocycles. The number of thiophene rings is 1. The number of rotatable bonds is 3. The average Bonchev–Trinajstić information content (AvgIpc) is 3.00. The first-order chi connectivity index (χ1) is 10.6. The van der Waals surface area contributed by atoms with Crippen LogP contribution in [0.2, 0.25) is 0 Å². The van der Waals surface area contributed by atoms with Crippen molar-refractivity contribution in [1.82, 2.24) is 5.32 Å². The highest BCUT2D eigenvalue weighted by Gasteiger charge is 2.23. The van der Waals surface area contributed by atoms with Crippen LogP contribution >= 0.6 is 11.3 Å². The van der Waals surface area contributed by atoms with Gasteiger partial charge in [-0.25, -0.2) is 0 Å². The summed E-state index contributed by atoms with van der Waals surface area (Å²) in [5.41, 5.74) is 2.27. The maximum atomic E-state index is 12.1. The summed E-state index contributed by atoms with van der Waals surface area (Å²) >= 11 is 1.75. The monoisotopic (exact) mass is 317 g/mol. The van der Waals surface area contributed by atoms with Gasteiger partial charge in [-0.2, -0.15) is 0 Å². The van der Waals surface area contributed by atoms with E-state index in [9.17, 15) is 14.9 Å². The summed E-state index contributed by atoms with van der Waals surface area (Å²) in [6, 6.07) is 6.55. The van der Waals surface area contributed by atoms with Crippen molar-refractivity contribution in [3.8, 4) is 0 Å². The minimum Gasteiger partial charge on any atom is -0.366 e. The van der Waals surface area contributed by atoms with Crippen molar-refractivity contribution in [2.75, 3.05) is 18.5 Å². The molecule has 1 aromatic heterocycles. The highest BCUT2D eigenvalue weighted by atomic mass is 32.1. The van der Waals surface area contributed by atoms with E-state index in [-0.39, 0.29) is 11.6 Å². The summed E-state index contributed by atoms with van der Waals surface area (Å²) in [5.74, 6) is -0.310. The van der Waals surface area contributed by atoms with Crippen molar-refractivity contribution in [1.29, 1.82) is 0 Å². The van der Waals surface area contributed by atoms with Gasteiger partial charge in [0.05, 0.1) is 16.2 Å². The van der Waals surface area contributed by atoms with Gasteiger partial charge in [0.25, 0.3) is 11.6 Å². The van der Waals surface area contributed by atoms with Gasteiger partial charge in [-0.15, -0.1) is 11.3 Å². The molecule has 6 nitrogen and oxygen atoms in total. The number of non-ortho nitro benzene ring substituents is 1. The quantitative estimate of drug-likeness (QED) is 0.697. The van der Waals surface area contributed by atoms with E-state index < -0.39 is 4.92 Å². The van der Waals surface area contributed by atoms with E-state index in [1.807, 2.05) is 0 Å². The zero-order valence-corrected chi connectivity index (χ0v) is 12.9. The highest BCUT2D eigenvalue weighted by Crippen LogP contribution is 2.31. The molecule has 0 saturated heterocycles. The number of fused-ring (bicyclic) bond motifs is 1. The van der Waals surface area contributed by atoms with Crippen LogP contribution in [0, 0.1) is 10.1 Å². The first-order valence-electron chi connectivity index (χ1n) is 6.91. The molecular weight excluding hydrogens is 302 g/mol. The van der Waals surface area contributed by atoms with Crippen LogP contribution in [0.15, 0.2) is 29.6 Å². The molecule has 0 atom stereocenters. The molecule has 0 unspecified atom stereocenters. The van der Waals surface area contributed by atoms with Crippen LogP contribution in [0.4, 0.5) is 11.4 Å². The summed E-state index contributed by atoms with van der Waals surface area (Å²) in [5, 5.41) is 15.6. The molecule has 114 valence electrons. The van der Waals surface area contributed by atoms with E-state index >= 15 is 0 Å². The van der Waals surface area contributed by atoms with Crippen molar-refractivity contribution in [3.63, 3.8) is 0 Å². The zero-order valence-electron chi connectivity index (χ0n) is 12.0. The Bertz CT molecular complexity index is 741. The average molecular weight is 317 g/mol. The van der Waals surface area contributed by atoms with E-state index in [2.05, 4.69) is 21.7 Å². The summed E-state index contributed by atoms with van der Waals surface area (Å²) in [4.78, 5) is 26.0. The fourth-order valence-corrected chi connectivity index (χ4v) is 3.57. The molecule has 3 rings (SSSR count). The first-order valence-corrected chi connectivity index (χ1v) is 7.79. The van der Waals surface area contributed by atoms with Crippen molar-refractivity contribution in [2.24, 2.45) is 0 Å². The van der Waals surface area contributed by atoms with Gasteiger partial charge in [-0.05, 0) is 29.5 Å². The lowest BCUT2D eigenvalue weighted by molar-refractivity contribution is -0.384. The van der Waals surface area contributed by atoms with E-state index in [0.29, 0.717) is 5.56 Å². The van der Waals surface area contributed by atoms with Crippen LogP contribution < -0.4 is 10.2 Å². The fourth-order valence-electron chi connectivity index (χ4n) is 2.68. The molecule has 0 spiro atoms. The highest BCUT2D eigenvalue weighted by molar-refractivity contribution is 7.10. The van der Waals surface area contributed by atoms with Crippen LogP contribution in [0.25, 0.3) is 0 Å². The number of benzene rings is 1. The van der Waals surface area contributed by atoms with Gasteiger partial charge < -0.3 is 10.2 Å². The predicted octanol–water partition coefficient (Wildman–Crippen LogP) is 2.58. The standard InChI is InChI=1S/C15H15N3O3S/c1-16-15(19)12-8-11(18(20)21)2-3-13(12)17-6-4-14-10(9-17)5-7-22-14/h2-3,5,7-8H,4,6,9H2,1H3,(H,16,19). The summed E-state index contributed by atoms with van der Waals surface area (Å²) in [6.07, 6.45) is 0.928. The van der Waals surface area contributed by atoms with Gasteiger partial charge in [0.2, 0.25) is 0 Å². The largest absolute Gasteiger partial charge is 0.366 e. The number of hydrogen-bond acceptors (Lipinski definition) is 5. The number of amides is 1. The number of nitro groups is 1. The van der Waals surface area contributed by atoms with Crippen LogP contribution in [-0.4, -0.2) is 24.4 Å². The van der Waals surface area contributed by atoms with Gasteiger partial charge in [0.1, 0.15) is 0 Å². The summed E-state index contributed by atoms with van der Waals surface area (Å²) in [6.45, 7) is 1.52. The topological polar surface area (TPSA) is 75.5 Å². The number of carbonyl (C=O) groups excluding carboxylic acids is 1. The number of nitrogens with one attached hydrogen (secondary N) is 1. The lowest BCUT2D eigenvalue weighted by atomic mass is 10.1. The second-order valence-electron chi connectivity index (χ2n) is 5.08. The molecule has 7 heteroatoms. The Kier molecular flexibility index (Phi) is 3.81. The third-order valence-corrected chi connectivity index (χ3v) is 4.83. The van der Waals surface area contributed by atoms with Crippen molar-refractivity contribution < 1.29 is 9.72 Å². The third kappa shape index (κ3) is 2.55. The van der Waals surface area contributed by atoms with Gasteiger partial charge >= 0.3 is 0 Å².